The van der Waals surface area contributed by atoms with E-state index in [2.05, 4.69) is 22.4 Å². The number of anilines is 1. The van der Waals surface area contributed by atoms with Crippen LogP contribution >= 0.6 is 11.6 Å². The number of nitrogens with zero attached hydrogens (tertiary/aromatic N) is 4. The molecular formula is C15H14ClN5O. The lowest BCUT2D eigenvalue weighted by Crippen LogP contribution is -2.30. The van der Waals surface area contributed by atoms with E-state index < -0.39 is 0 Å². The van der Waals surface area contributed by atoms with Crippen LogP contribution in [0.3, 0.4) is 0 Å². The molecule has 0 bridgehead atoms. The standard InChI is InChI=1S/C15H14ClN5O/c16-14-10(7-17)13(9-1-2-9)11(8-18)15(20-14)21-5-3-12(22)19-4-6-21/h9H,1-6H2,(H,19,22). The lowest BCUT2D eigenvalue weighted by Gasteiger charge is -2.23. The second-order valence-corrected chi connectivity index (χ2v) is 5.83. The van der Waals surface area contributed by atoms with Crippen LogP contribution in [0.1, 0.15) is 41.9 Å². The van der Waals surface area contributed by atoms with Crippen molar-refractivity contribution in [2.75, 3.05) is 24.5 Å². The van der Waals surface area contributed by atoms with E-state index in [1.54, 1.807) is 0 Å². The molecule has 0 atom stereocenters. The first-order valence-corrected chi connectivity index (χ1v) is 7.58. The van der Waals surface area contributed by atoms with Crippen LogP contribution in [0.25, 0.3) is 0 Å². The molecule has 1 aromatic heterocycles. The van der Waals surface area contributed by atoms with E-state index in [-0.39, 0.29) is 17.0 Å². The van der Waals surface area contributed by atoms with Crippen LogP contribution in [0.5, 0.6) is 0 Å². The molecule has 1 N–H and O–H groups in total. The Morgan fingerprint density at radius 3 is 2.59 bits per heavy atom. The van der Waals surface area contributed by atoms with Crippen LogP contribution in [0.15, 0.2) is 0 Å². The first-order chi connectivity index (χ1) is 10.7. The quantitative estimate of drug-likeness (QED) is 0.838. The van der Waals surface area contributed by atoms with Gasteiger partial charge >= 0.3 is 0 Å². The van der Waals surface area contributed by atoms with Crippen molar-refractivity contribution in [1.82, 2.24) is 10.3 Å². The van der Waals surface area contributed by atoms with Crippen molar-refractivity contribution in [1.29, 1.82) is 10.5 Å². The topological polar surface area (TPSA) is 92.8 Å². The van der Waals surface area contributed by atoms with E-state index in [9.17, 15) is 15.3 Å². The Kier molecular flexibility index (Phi) is 3.87. The van der Waals surface area contributed by atoms with Crippen LogP contribution in [0.2, 0.25) is 5.15 Å². The number of amides is 1. The second kappa shape index (κ2) is 5.82. The molecule has 22 heavy (non-hydrogen) atoms. The highest BCUT2D eigenvalue weighted by Gasteiger charge is 2.33. The van der Waals surface area contributed by atoms with Gasteiger partial charge in [-0.15, -0.1) is 0 Å². The fraction of sp³-hybridized carbons (Fsp3) is 0.467. The largest absolute Gasteiger partial charge is 0.354 e. The summed E-state index contributed by atoms with van der Waals surface area (Å²) in [7, 11) is 0. The number of nitrogens with one attached hydrogen (secondary N) is 1. The Bertz CT molecular complexity index is 714. The third-order valence-corrected chi connectivity index (χ3v) is 4.27. The number of pyridine rings is 1. The van der Waals surface area contributed by atoms with Crippen molar-refractivity contribution in [3.8, 4) is 12.1 Å². The van der Waals surface area contributed by atoms with Gasteiger partial charge < -0.3 is 10.2 Å². The molecule has 1 aliphatic carbocycles. The molecule has 2 heterocycles. The molecule has 0 unspecified atom stereocenters. The molecule has 3 rings (SSSR count). The van der Waals surface area contributed by atoms with Gasteiger partial charge in [0.25, 0.3) is 0 Å². The molecule has 0 aromatic carbocycles. The number of carbonyl (C=O) groups excluding carboxylic acids is 1. The van der Waals surface area contributed by atoms with Gasteiger partial charge in [0, 0.05) is 26.1 Å². The van der Waals surface area contributed by atoms with Gasteiger partial charge in [-0.2, -0.15) is 10.5 Å². The number of hydrogen-bond donors (Lipinski definition) is 1. The molecule has 2 aliphatic rings. The maximum absolute atomic E-state index is 11.5. The number of carbonyl (C=O) groups is 1. The van der Waals surface area contributed by atoms with E-state index in [1.165, 1.54) is 0 Å². The highest BCUT2D eigenvalue weighted by Crippen LogP contribution is 2.46. The van der Waals surface area contributed by atoms with Gasteiger partial charge in [0.05, 0.1) is 11.1 Å². The Labute approximate surface area is 133 Å². The number of halogens is 1. The van der Waals surface area contributed by atoms with Gasteiger partial charge in [0.1, 0.15) is 23.1 Å². The van der Waals surface area contributed by atoms with E-state index in [0.29, 0.717) is 43.0 Å². The highest BCUT2D eigenvalue weighted by molar-refractivity contribution is 6.30. The Hall–Kier alpha value is -2.31. The summed E-state index contributed by atoms with van der Waals surface area (Å²) in [5.41, 5.74) is 1.47. The minimum Gasteiger partial charge on any atom is -0.354 e. The maximum atomic E-state index is 11.5. The molecule has 1 aromatic rings. The third-order valence-electron chi connectivity index (χ3n) is 3.99. The smallest absolute Gasteiger partial charge is 0.221 e. The molecular weight excluding hydrogens is 302 g/mol. The summed E-state index contributed by atoms with van der Waals surface area (Å²) >= 11 is 6.17. The molecule has 1 saturated heterocycles. The lowest BCUT2D eigenvalue weighted by atomic mass is 9.99. The number of rotatable bonds is 2. The zero-order chi connectivity index (χ0) is 15.7. The highest BCUT2D eigenvalue weighted by atomic mass is 35.5. The predicted molar refractivity (Wildman–Crippen MR) is 80.5 cm³/mol. The fourth-order valence-electron chi connectivity index (χ4n) is 2.77. The number of aromatic nitrogens is 1. The van der Waals surface area contributed by atoms with Crippen LogP contribution in [-0.4, -0.2) is 30.5 Å². The zero-order valence-corrected chi connectivity index (χ0v) is 12.7. The minimum atomic E-state index is -0.0110. The molecule has 0 radical (unpaired) electrons. The van der Waals surface area contributed by atoms with Crippen molar-refractivity contribution in [3.63, 3.8) is 0 Å². The van der Waals surface area contributed by atoms with Gasteiger partial charge in [0.15, 0.2) is 0 Å². The molecule has 1 amide bonds. The van der Waals surface area contributed by atoms with E-state index >= 15 is 0 Å². The van der Waals surface area contributed by atoms with Gasteiger partial charge in [-0.1, -0.05) is 11.6 Å². The van der Waals surface area contributed by atoms with Crippen molar-refractivity contribution in [2.24, 2.45) is 0 Å². The Morgan fingerprint density at radius 1 is 1.23 bits per heavy atom. The van der Waals surface area contributed by atoms with Crippen molar-refractivity contribution in [3.05, 3.63) is 21.8 Å². The van der Waals surface area contributed by atoms with Gasteiger partial charge in [-0.25, -0.2) is 4.98 Å². The third kappa shape index (κ3) is 2.58. The van der Waals surface area contributed by atoms with Crippen LogP contribution in [0, 0.1) is 22.7 Å². The van der Waals surface area contributed by atoms with E-state index in [0.717, 1.165) is 18.4 Å². The van der Waals surface area contributed by atoms with Crippen LogP contribution in [0.4, 0.5) is 5.82 Å². The van der Waals surface area contributed by atoms with Crippen LogP contribution in [-0.2, 0) is 4.79 Å². The van der Waals surface area contributed by atoms with Gasteiger partial charge in [-0.05, 0) is 24.3 Å². The molecule has 1 saturated carbocycles. The first-order valence-electron chi connectivity index (χ1n) is 7.21. The average Bonchev–Trinajstić information content (AvgIpc) is 3.34. The molecule has 7 heteroatoms. The summed E-state index contributed by atoms with van der Waals surface area (Å²) in [5, 5.41) is 21.8. The summed E-state index contributed by atoms with van der Waals surface area (Å²) in [6.45, 7) is 1.56. The molecule has 1 aliphatic heterocycles. The van der Waals surface area contributed by atoms with E-state index in [1.807, 2.05) is 4.90 Å². The van der Waals surface area contributed by atoms with Crippen molar-refractivity contribution in [2.45, 2.75) is 25.2 Å². The minimum absolute atomic E-state index is 0.0110. The molecule has 2 fully saturated rings. The normalized spacial score (nSPS) is 18.1. The van der Waals surface area contributed by atoms with Crippen molar-refractivity contribution >= 4 is 23.3 Å². The number of nitriles is 2. The Morgan fingerprint density at radius 2 is 1.95 bits per heavy atom. The summed E-state index contributed by atoms with van der Waals surface area (Å²) in [6, 6.07) is 4.28. The molecule has 6 nitrogen and oxygen atoms in total. The van der Waals surface area contributed by atoms with Crippen molar-refractivity contribution < 1.29 is 4.79 Å². The second-order valence-electron chi connectivity index (χ2n) is 5.47. The molecule has 112 valence electrons. The fourth-order valence-corrected chi connectivity index (χ4v) is 2.99. The summed E-state index contributed by atoms with van der Waals surface area (Å²) < 4.78 is 0. The molecule has 0 spiro atoms. The van der Waals surface area contributed by atoms with Crippen LogP contribution < -0.4 is 10.2 Å². The monoisotopic (exact) mass is 315 g/mol. The average molecular weight is 316 g/mol. The number of hydrogen-bond acceptors (Lipinski definition) is 5. The Balaban J connectivity index is 2.10. The summed E-state index contributed by atoms with van der Waals surface area (Å²) in [4.78, 5) is 17.7. The lowest BCUT2D eigenvalue weighted by molar-refractivity contribution is -0.120. The first kappa shape index (κ1) is 14.6. The predicted octanol–water partition coefficient (Wildman–Crippen LogP) is 1.68. The SMILES string of the molecule is N#Cc1c(Cl)nc(N2CCNC(=O)CC2)c(C#N)c1C1CC1. The summed E-state index contributed by atoms with van der Waals surface area (Å²) in [5.74, 6) is 0.698. The zero-order valence-electron chi connectivity index (χ0n) is 11.9. The summed E-state index contributed by atoms with van der Waals surface area (Å²) in [6.07, 6.45) is 2.27. The van der Waals surface area contributed by atoms with Gasteiger partial charge in [-0.3, -0.25) is 4.79 Å². The van der Waals surface area contributed by atoms with E-state index in [4.69, 9.17) is 11.6 Å². The maximum Gasteiger partial charge on any atom is 0.221 e. The van der Waals surface area contributed by atoms with Gasteiger partial charge in [0.2, 0.25) is 5.91 Å².